The summed E-state index contributed by atoms with van der Waals surface area (Å²) in [7, 11) is 0. The quantitative estimate of drug-likeness (QED) is 0.694. The van der Waals surface area contributed by atoms with Crippen LogP contribution in [0.3, 0.4) is 0 Å². The average Bonchev–Trinajstić information content (AvgIpc) is 2.78. The molecule has 1 atom stereocenters. The number of aliphatic carboxylic acids is 1. The first kappa shape index (κ1) is 14.0. The van der Waals surface area contributed by atoms with E-state index in [9.17, 15) is 9.59 Å². The van der Waals surface area contributed by atoms with Gasteiger partial charge in [0, 0.05) is 13.0 Å². The monoisotopic (exact) mass is 242 g/mol. The van der Waals surface area contributed by atoms with Crippen LogP contribution in [-0.2, 0) is 9.59 Å². The van der Waals surface area contributed by atoms with E-state index in [4.69, 9.17) is 5.11 Å². The molecule has 0 aromatic rings. The van der Waals surface area contributed by atoms with Gasteiger partial charge in [-0.15, -0.1) is 0 Å². The SMILES string of the molecule is CCCC(NC(=O)CCN1CCCC1)C(=O)O. The first-order chi connectivity index (χ1) is 8.13. The summed E-state index contributed by atoms with van der Waals surface area (Å²) in [6.45, 7) is 4.77. The normalized spacial score (nSPS) is 17.9. The lowest BCUT2D eigenvalue weighted by molar-refractivity contribution is -0.142. The third kappa shape index (κ3) is 5.17. The summed E-state index contributed by atoms with van der Waals surface area (Å²) in [5.41, 5.74) is 0. The zero-order valence-corrected chi connectivity index (χ0v) is 10.4. The molecule has 1 saturated heterocycles. The molecule has 1 fully saturated rings. The smallest absolute Gasteiger partial charge is 0.326 e. The number of carbonyl (C=O) groups excluding carboxylic acids is 1. The molecule has 17 heavy (non-hydrogen) atoms. The zero-order valence-electron chi connectivity index (χ0n) is 10.4. The van der Waals surface area contributed by atoms with Gasteiger partial charge in [0.1, 0.15) is 6.04 Å². The topological polar surface area (TPSA) is 69.6 Å². The number of amides is 1. The molecule has 1 rings (SSSR count). The Labute approximate surface area is 102 Å². The minimum atomic E-state index is -0.943. The van der Waals surface area contributed by atoms with E-state index in [0.29, 0.717) is 12.8 Å². The van der Waals surface area contributed by atoms with Crippen molar-refractivity contribution < 1.29 is 14.7 Å². The second-order valence-corrected chi connectivity index (χ2v) is 4.55. The molecule has 2 N–H and O–H groups in total. The maximum absolute atomic E-state index is 11.6. The van der Waals surface area contributed by atoms with Gasteiger partial charge >= 0.3 is 5.97 Å². The fourth-order valence-electron chi connectivity index (χ4n) is 2.08. The number of carbonyl (C=O) groups is 2. The van der Waals surface area contributed by atoms with Crippen LogP contribution < -0.4 is 5.32 Å². The first-order valence-corrected chi connectivity index (χ1v) is 6.38. The molecule has 98 valence electrons. The predicted molar refractivity (Wildman–Crippen MR) is 64.8 cm³/mol. The molecule has 1 amide bonds. The summed E-state index contributed by atoms with van der Waals surface area (Å²) in [6.07, 6.45) is 4.05. The second-order valence-electron chi connectivity index (χ2n) is 4.55. The fraction of sp³-hybridized carbons (Fsp3) is 0.833. The largest absolute Gasteiger partial charge is 0.480 e. The first-order valence-electron chi connectivity index (χ1n) is 6.38. The fourth-order valence-corrected chi connectivity index (χ4v) is 2.08. The van der Waals surface area contributed by atoms with Gasteiger partial charge in [-0.25, -0.2) is 4.79 Å². The zero-order chi connectivity index (χ0) is 12.7. The molecule has 5 heteroatoms. The average molecular weight is 242 g/mol. The van der Waals surface area contributed by atoms with Crippen molar-refractivity contribution in [3.63, 3.8) is 0 Å². The van der Waals surface area contributed by atoms with Crippen molar-refractivity contribution in [3.8, 4) is 0 Å². The van der Waals surface area contributed by atoms with E-state index in [2.05, 4.69) is 10.2 Å². The number of likely N-dealkylation sites (tertiary alicyclic amines) is 1. The summed E-state index contributed by atoms with van der Waals surface area (Å²) in [6, 6.07) is -0.730. The second kappa shape index (κ2) is 7.27. The van der Waals surface area contributed by atoms with E-state index < -0.39 is 12.0 Å². The van der Waals surface area contributed by atoms with E-state index in [1.165, 1.54) is 12.8 Å². The molecule has 1 unspecified atom stereocenters. The Morgan fingerprint density at radius 2 is 2.00 bits per heavy atom. The number of hydrogen-bond acceptors (Lipinski definition) is 3. The molecular formula is C12H22N2O3. The molecule has 5 nitrogen and oxygen atoms in total. The van der Waals surface area contributed by atoms with Crippen LogP contribution in [-0.4, -0.2) is 47.6 Å². The molecular weight excluding hydrogens is 220 g/mol. The molecule has 0 aromatic carbocycles. The number of rotatable bonds is 7. The van der Waals surface area contributed by atoms with Crippen LogP contribution in [0, 0.1) is 0 Å². The summed E-state index contributed by atoms with van der Waals surface area (Å²) in [5.74, 6) is -1.10. The van der Waals surface area contributed by atoms with E-state index in [1.807, 2.05) is 6.92 Å². The van der Waals surface area contributed by atoms with Crippen molar-refractivity contribution in [1.82, 2.24) is 10.2 Å². The molecule has 0 spiro atoms. The molecule has 0 aromatic heterocycles. The van der Waals surface area contributed by atoms with Crippen molar-refractivity contribution >= 4 is 11.9 Å². The summed E-state index contributed by atoms with van der Waals surface area (Å²) >= 11 is 0. The number of carboxylic acids is 1. The third-order valence-electron chi connectivity index (χ3n) is 3.06. The van der Waals surface area contributed by atoms with E-state index >= 15 is 0 Å². The van der Waals surface area contributed by atoms with Crippen molar-refractivity contribution in [2.45, 2.75) is 45.1 Å². The summed E-state index contributed by atoms with van der Waals surface area (Å²) in [4.78, 5) is 24.7. The number of nitrogens with zero attached hydrogens (tertiary/aromatic N) is 1. The molecule has 0 radical (unpaired) electrons. The number of carboxylic acid groups (broad SMARTS) is 1. The van der Waals surface area contributed by atoms with Crippen LogP contribution in [0.25, 0.3) is 0 Å². The van der Waals surface area contributed by atoms with Crippen LogP contribution in [0.4, 0.5) is 0 Å². The highest BCUT2D eigenvalue weighted by molar-refractivity contribution is 5.83. The van der Waals surface area contributed by atoms with Gasteiger partial charge in [-0.2, -0.15) is 0 Å². The van der Waals surface area contributed by atoms with Crippen LogP contribution in [0.2, 0.25) is 0 Å². The molecule has 0 bridgehead atoms. The van der Waals surface area contributed by atoms with Gasteiger partial charge in [-0.05, 0) is 32.4 Å². The maximum Gasteiger partial charge on any atom is 0.326 e. The summed E-state index contributed by atoms with van der Waals surface area (Å²) < 4.78 is 0. The van der Waals surface area contributed by atoms with Crippen LogP contribution >= 0.6 is 0 Å². The number of nitrogens with one attached hydrogen (secondary N) is 1. The third-order valence-corrected chi connectivity index (χ3v) is 3.06. The van der Waals surface area contributed by atoms with Crippen LogP contribution in [0.15, 0.2) is 0 Å². The lowest BCUT2D eigenvalue weighted by atomic mass is 10.1. The highest BCUT2D eigenvalue weighted by atomic mass is 16.4. The van der Waals surface area contributed by atoms with Crippen molar-refractivity contribution in [2.75, 3.05) is 19.6 Å². The predicted octanol–water partition coefficient (Wildman–Crippen LogP) is 0.842. The Morgan fingerprint density at radius 3 is 2.53 bits per heavy atom. The minimum absolute atomic E-state index is 0.155. The van der Waals surface area contributed by atoms with E-state index in [0.717, 1.165) is 26.1 Å². The van der Waals surface area contributed by atoms with Gasteiger partial charge in [0.05, 0.1) is 0 Å². The van der Waals surface area contributed by atoms with Crippen LogP contribution in [0.5, 0.6) is 0 Å². The Morgan fingerprint density at radius 1 is 1.35 bits per heavy atom. The Hall–Kier alpha value is -1.10. The highest BCUT2D eigenvalue weighted by Crippen LogP contribution is 2.07. The minimum Gasteiger partial charge on any atom is -0.480 e. The molecule has 1 heterocycles. The molecule has 1 aliphatic heterocycles. The molecule has 0 aliphatic carbocycles. The van der Waals surface area contributed by atoms with Gasteiger partial charge in [0.15, 0.2) is 0 Å². The molecule has 0 saturated carbocycles. The summed E-state index contributed by atoms with van der Waals surface area (Å²) in [5, 5.41) is 11.5. The van der Waals surface area contributed by atoms with E-state index in [1.54, 1.807) is 0 Å². The van der Waals surface area contributed by atoms with Gasteiger partial charge in [0.2, 0.25) is 5.91 Å². The van der Waals surface area contributed by atoms with Gasteiger partial charge in [-0.3, -0.25) is 4.79 Å². The van der Waals surface area contributed by atoms with Gasteiger partial charge in [0.25, 0.3) is 0 Å². The lowest BCUT2D eigenvalue weighted by Crippen LogP contribution is -2.41. The van der Waals surface area contributed by atoms with Crippen LogP contribution in [0.1, 0.15) is 39.0 Å². The Bertz CT molecular complexity index is 262. The standard InChI is InChI=1S/C12H22N2O3/c1-2-5-10(12(16)17)13-11(15)6-9-14-7-3-4-8-14/h10H,2-9H2,1H3,(H,13,15)(H,16,17). The van der Waals surface area contributed by atoms with Crippen molar-refractivity contribution in [2.24, 2.45) is 0 Å². The maximum atomic E-state index is 11.6. The van der Waals surface area contributed by atoms with Crippen molar-refractivity contribution in [3.05, 3.63) is 0 Å². The Kier molecular flexibility index (Phi) is 5.97. The van der Waals surface area contributed by atoms with Gasteiger partial charge < -0.3 is 15.3 Å². The molecule has 1 aliphatic rings. The number of hydrogen-bond donors (Lipinski definition) is 2. The Balaban J connectivity index is 2.23. The van der Waals surface area contributed by atoms with E-state index in [-0.39, 0.29) is 5.91 Å². The van der Waals surface area contributed by atoms with Crippen molar-refractivity contribution in [1.29, 1.82) is 0 Å². The van der Waals surface area contributed by atoms with Gasteiger partial charge in [-0.1, -0.05) is 13.3 Å². The highest BCUT2D eigenvalue weighted by Gasteiger charge is 2.19. The lowest BCUT2D eigenvalue weighted by Gasteiger charge is -2.16.